The molecule has 25 heavy (non-hydrogen) atoms. The molecule has 0 saturated carbocycles. The summed E-state index contributed by atoms with van der Waals surface area (Å²) in [7, 11) is 1.62. The minimum Gasteiger partial charge on any atom is -0.508 e. The number of ether oxygens (including phenoxy) is 1. The lowest BCUT2D eigenvalue weighted by Crippen LogP contribution is -2.07. The second-order valence-corrected chi connectivity index (χ2v) is 6.04. The van der Waals surface area contributed by atoms with Crippen molar-refractivity contribution in [2.45, 2.75) is 0 Å². The van der Waals surface area contributed by atoms with Crippen LogP contribution < -0.4 is 10.1 Å². The van der Waals surface area contributed by atoms with E-state index in [0.717, 1.165) is 22.6 Å². The number of aromatic hydroxyl groups is 1. The quantitative estimate of drug-likeness (QED) is 0.676. The number of amides is 1. The molecule has 2 N–H and O–H groups in total. The minimum absolute atomic E-state index is 0.190. The summed E-state index contributed by atoms with van der Waals surface area (Å²) in [6, 6.07) is 14.2. The molecule has 3 rings (SSSR count). The highest BCUT2D eigenvalue weighted by Gasteiger charge is 2.06. The molecule has 0 spiro atoms. The van der Waals surface area contributed by atoms with Crippen LogP contribution in [0.2, 0.25) is 0 Å². The van der Waals surface area contributed by atoms with Gasteiger partial charge in [-0.05, 0) is 48.0 Å². The number of thiazole rings is 1. The van der Waals surface area contributed by atoms with Crippen molar-refractivity contribution in [1.29, 1.82) is 0 Å². The normalized spacial score (nSPS) is 10.8. The van der Waals surface area contributed by atoms with Crippen molar-refractivity contribution in [2.75, 3.05) is 12.4 Å². The predicted molar refractivity (Wildman–Crippen MR) is 99.9 cm³/mol. The van der Waals surface area contributed by atoms with Gasteiger partial charge in [-0.25, -0.2) is 4.98 Å². The maximum Gasteiger partial charge on any atom is 0.250 e. The van der Waals surface area contributed by atoms with E-state index in [1.165, 1.54) is 17.4 Å². The molecule has 1 heterocycles. The van der Waals surface area contributed by atoms with Gasteiger partial charge in [0.25, 0.3) is 0 Å². The van der Waals surface area contributed by atoms with Gasteiger partial charge in [0.2, 0.25) is 5.91 Å². The molecule has 2 aromatic carbocycles. The summed E-state index contributed by atoms with van der Waals surface area (Å²) in [4.78, 5) is 16.4. The van der Waals surface area contributed by atoms with Gasteiger partial charge < -0.3 is 9.84 Å². The largest absolute Gasteiger partial charge is 0.508 e. The molecule has 3 aromatic rings. The fourth-order valence-electron chi connectivity index (χ4n) is 2.13. The number of phenols is 1. The molecule has 0 radical (unpaired) electrons. The van der Waals surface area contributed by atoms with Gasteiger partial charge in [-0.1, -0.05) is 12.1 Å². The topological polar surface area (TPSA) is 71.5 Å². The Morgan fingerprint density at radius 2 is 1.88 bits per heavy atom. The van der Waals surface area contributed by atoms with E-state index in [9.17, 15) is 9.90 Å². The van der Waals surface area contributed by atoms with Gasteiger partial charge in [0.1, 0.15) is 11.5 Å². The number of phenolic OH excluding ortho intramolecular Hbond substituents is 1. The molecule has 5 nitrogen and oxygen atoms in total. The molecule has 6 heteroatoms. The van der Waals surface area contributed by atoms with E-state index >= 15 is 0 Å². The van der Waals surface area contributed by atoms with Crippen LogP contribution in [0, 0.1) is 0 Å². The highest BCUT2D eigenvalue weighted by molar-refractivity contribution is 7.14. The van der Waals surface area contributed by atoms with Crippen LogP contribution in [0.3, 0.4) is 0 Å². The van der Waals surface area contributed by atoms with Gasteiger partial charge in [0.15, 0.2) is 5.13 Å². The lowest BCUT2D eigenvalue weighted by molar-refractivity contribution is -0.111. The summed E-state index contributed by atoms with van der Waals surface area (Å²) >= 11 is 1.37. The first-order chi connectivity index (χ1) is 12.1. The zero-order valence-electron chi connectivity index (χ0n) is 13.5. The Morgan fingerprint density at radius 1 is 1.16 bits per heavy atom. The highest BCUT2D eigenvalue weighted by atomic mass is 32.1. The number of aromatic nitrogens is 1. The molecule has 0 unspecified atom stereocenters. The standard InChI is InChI=1S/C19H16N2O3S/c1-24-16-9-5-14(6-10-16)17-12-25-19(20-17)21-18(23)11-4-13-2-7-15(22)8-3-13/h2-12,22H,1H3,(H,20,21,23)/b11-4-. The first kappa shape index (κ1) is 16.7. The van der Waals surface area contributed by atoms with Crippen molar-refractivity contribution < 1.29 is 14.6 Å². The Labute approximate surface area is 149 Å². The van der Waals surface area contributed by atoms with E-state index in [2.05, 4.69) is 10.3 Å². The first-order valence-corrected chi connectivity index (χ1v) is 8.40. The van der Waals surface area contributed by atoms with Gasteiger partial charge in [-0.3, -0.25) is 10.1 Å². The van der Waals surface area contributed by atoms with Gasteiger partial charge in [0, 0.05) is 17.0 Å². The van der Waals surface area contributed by atoms with Crippen LogP contribution in [-0.2, 0) is 4.79 Å². The first-order valence-electron chi connectivity index (χ1n) is 7.52. The van der Waals surface area contributed by atoms with Gasteiger partial charge >= 0.3 is 0 Å². The fourth-order valence-corrected chi connectivity index (χ4v) is 2.85. The summed E-state index contributed by atoms with van der Waals surface area (Å²) in [6.07, 6.45) is 3.10. The third-order valence-electron chi connectivity index (χ3n) is 3.44. The Kier molecular flexibility index (Phi) is 5.11. The predicted octanol–water partition coefficient (Wildman–Crippen LogP) is 4.18. The number of anilines is 1. The molecule has 0 atom stereocenters. The molecule has 0 saturated heterocycles. The molecule has 0 bridgehead atoms. The van der Waals surface area contributed by atoms with E-state index in [1.54, 1.807) is 37.5 Å². The van der Waals surface area contributed by atoms with E-state index in [4.69, 9.17) is 4.74 Å². The van der Waals surface area contributed by atoms with E-state index < -0.39 is 0 Å². The second-order valence-electron chi connectivity index (χ2n) is 5.18. The zero-order chi connectivity index (χ0) is 17.6. The van der Waals surface area contributed by atoms with Crippen molar-refractivity contribution in [3.63, 3.8) is 0 Å². The van der Waals surface area contributed by atoms with Crippen LogP contribution in [0.25, 0.3) is 17.3 Å². The van der Waals surface area contributed by atoms with E-state index in [1.807, 2.05) is 29.6 Å². The molecule has 1 aromatic heterocycles. The molecule has 0 fully saturated rings. The molecule has 126 valence electrons. The number of carbonyl (C=O) groups excluding carboxylic acids is 1. The second kappa shape index (κ2) is 7.63. The average molecular weight is 352 g/mol. The monoisotopic (exact) mass is 352 g/mol. The molecule has 1 amide bonds. The number of benzene rings is 2. The number of hydrogen-bond donors (Lipinski definition) is 2. The summed E-state index contributed by atoms with van der Waals surface area (Å²) < 4.78 is 5.14. The summed E-state index contributed by atoms with van der Waals surface area (Å²) in [5, 5.41) is 14.4. The zero-order valence-corrected chi connectivity index (χ0v) is 14.3. The molecule has 0 aliphatic rings. The third kappa shape index (κ3) is 4.45. The lowest BCUT2D eigenvalue weighted by atomic mass is 10.2. The van der Waals surface area contributed by atoms with Gasteiger partial charge in [-0.2, -0.15) is 0 Å². The minimum atomic E-state index is -0.260. The van der Waals surface area contributed by atoms with E-state index in [-0.39, 0.29) is 11.7 Å². The van der Waals surface area contributed by atoms with Crippen molar-refractivity contribution >= 4 is 28.5 Å². The van der Waals surface area contributed by atoms with Crippen LogP contribution in [0.4, 0.5) is 5.13 Å². The number of nitrogens with zero attached hydrogens (tertiary/aromatic N) is 1. The maximum atomic E-state index is 12.0. The summed E-state index contributed by atoms with van der Waals surface area (Å²) in [6.45, 7) is 0. The van der Waals surface area contributed by atoms with Crippen LogP contribution >= 0.6 is 11.3 Å². The van der Waals surface area contributed by atoms with Crippen molar-refractivity contribution in [3.8, 4) is 22.8 Å². The number of hydrogen-bond acceptors (Lipinski definition) is 5. The van der Waals surface area contributed by atoms with E-state index in [0.29, 0.717) is 5.13 Å². The molecular weight excluding hydrogens is 336 g/mol. The highest BCUT2D eigenvalue weighted by Crippen LogP contribution is 2.26. The average Bonchev–Trinajstić information content (AvgIpc) is 3.10. The molecule has 0 aliphatic carbocycles. The van der Waals surface area contributed by atoms with Crippen molar-refractivity contribution in [1.82, 2.24) is 4.98 Å². The molecule has 0 aliphatic heterocycles. The van der Waals surface area contributed by atoms with Crippen LogP contribution in [-0.4, -0.2) is 23.1 Å². The molecular formula is C19H16N2O3S. The summed E-state index contributed by atoms with van der Waals surface area (Å²) in [5.74, 6) is 0.714. The van der Waals surface area contributed by atoms with Crippen LogP contribution in [0.5, 0.6) is 11.5 Å². The number of carbonyl (C=O) groups is 1. The Balaban J connectivity index is 1.64. The van der Waals surface area contributed by atoms with Crippen LogP contribution in [0.15, 0.2) is 60.0 Å². The van der Waals surface area contributed by atoms with Crippen molar-refractivity contribution in [2.24, 2.45) is 0 Å². The Hall–Kier alpha value is -3.12. The fraction of sp³-hybridized carbons (Fsp3) is 0.0526. The van der Waals surface area contributed by atoms with Crippen LogP contribution in [0.1, 0.15) is 5.56 Å². The SMILES string of the molecule is COc1ccc(-c2csc(NC(=O)/C=C\c3ccc(O)cc3)n2)cc1. The smallest absolute Gasteiger partial charge is 0.250 e. The lowest BCUT2D eigenvalue weighted by Gasteiger charge is -2.00. The van der Waals surface area contributed by atoms with Gasteiger partial charge in [0.05, 0.1) is 12.8 Å². The Morgan fingerprint density at radius 3 is 2.56 bits per heavy atom. The maximum absolute atomic E-state index is 12.0. The van der Waals surface area contributed by atoms with Crippen molar-refractivity contribution in [3.05, 3.63) is 65.6 Å². The number of methoxy groups -OCH3 is 1. The summed E-state index contributed by atoms with van der Waals surface area (Å²) in [5.41, 5.74) is 2.58. The van der Waals surface area contributed by atoms with Gasteiger partial charge in [-0.15, -0.1) is 11.3 Å². The number of nitrogens with one attached hydrogen (secondary N) is 1. The number of rotatable bonds is 5. The Bertz CT molecular complexity index is 884. The third-order valence-corrected chi connectivity index (χ3v) is 4.20.